The lowest BCUT2D eigenvalue weighted by Crippen LogP contribution is -2.41. The molecule has 3 aromatic heterocycles. The summed E-state index contributed by atoms with van der Waals surface area (Å²) in [5, 5.41) is 15.5. The highest BCUT2D eigenvalue weighted by Gasteiger charge is 2.63. The number of hydrogen-bond donors (Lipinski definition) is 2. The molecule has 3 aliphatic rings. The number of allylic oxidation sites excluding steroid dienone is 1. The van der Waals surface area contributed by atoms with Crippen LogP contribution in [0.5, 0.6) is 0 Å². The number of aromatic nitrogens is 5. The lowest BCUT2D eigenvalue weighted by molar-refractivity contribution is -0.0324. The molecule has 1 aliphatic heterocycles. The van der Waals surface area contributed by atoms with E-state index in [9.17, 15) is 9.90 Å². The molecule has 0 radical (unpaired) electrons. The fourth-order valence-electron chi connectivity index (χ4n) is 7.28. The van der Waals surface area contributed by atoms with Gasteiger partial charge in [-0.1, -0.05) is 19.1 Å². The van der Waals surface area contributed by atoms with E-state index in [1.165, 1.54) is 5.69 Å². The van der Waals surface area contributed by atoms with Crippen LogP contribution in [-0.2, 0) is 18.6 Å². The van der Waals surface area contributed by atoms with E-state index in [1.54, 1.807) is 21.6 Å². The maximum atomic E-state index is 13.5. The zero-order valence-corrected chi connectivity index (χ0v) is 25.3. The molecule has 2 N–H and O–H groups in total. The smallest absolute Gasteiger partial charge is 0.278 e. The summed E-state index contributed by atoms with van der Waals surface area (Å²) in [6.45, 7) is 8.25. The van der Waals surface area contributed by atoms with E-state index in [2.05, 4.69) is 52.9 Å². The second kappa shape index (κ2) is 10.3. The second-order valence-electron chi connectivity index (χ2n) is 12.6. The normalized spacial score (nSPS) is 21.1. The van der Waals surface area contributed by atoms with Gasteiger partial charge in [-0.3, -0.25) is 4.79 Å². The van der Waals surface area contributed by atoms with Crippen LogP contribution in [0.3, 0.4) is 0 Å². The van der Waals surface area contributed by atoms with E-state index in [0.29, 0.717) is 35.3 Å². The Morgan fingerprint density at radius 2 is 1.86 bits per heavy atom. The first kappa shape index (κ1) is 27.8. The van der Waals surface area contributed by atoms with Gasteiger partial charge in [-0.05, 0) is 88.5 Å². The molecule has 4 aromatic rings. The monoisotopic (exact) mass is 580 g/mol. The number of benzene rings is 1. The van der Waals surface area contributed by atoms with Crippen molar-refractivity contribution < 1.29 is 5.11 Å². The van der Waals surface area contributed by atoms with Crippen LogP contribution in [0.15, 0.2) is 60.0 Å². The largest absolute Gasteiger partial charge is 0.383 e. The number of nitrogens with zero attached hydrogens (tertiary/aromatic N) is 7. The number of hydrogen-bond acceptors (Lipinski definition) is 8. The number of aliphatic hydroxyl groups is 1. The van der Waals surface area contributed by atoms with E-state index in [4.69, 9.17) is 9.97 Å². The quantitative estimate of drug-likeness (QED) is 0.296. The van der Waals surface area contributed by atoms with Gasteiger partial charge in [-0.25, -0.2) is 19.3 Å². The standard InChI is InChI=1S/C33H40N8O2/c1-5-17-40-30(42)26-21-34-31(35-23-8-10-25(11-9-23)39-18-13-24(14-19-39)38(3)4)37-29(26)41(40)27-12-7-22-20-32(15-16-32)33(43,6-2)28(22)36-27/h5,7-12,21,24,43H,1,6,13-20H2,2-4H3,(H,34,35,37). The SMILES string of the molecule is C=CCn1c(=O)c2cnc(Nc3ccc(N4CCC(N(C)C)CC4)cc3)nc2n1-c1ccc2c(n1)C(O)(CC)C1(CC1)C2. The number of fused-ring (bicyclic) bond motifs is 2. The van der Waals surface area contributed by atoms with Crippen LogP contribution >= 0.6 is 0 Å². The van der Waals surface area contributed by atoms with Gasteiger partial charge in [0.15, 0.2) is 11.5 Å². The molecule has 1 saturated carbocycles. The molecule has 7 rings (SSSR count). The van der Waals surface area contributed by atoms with Crippen molar-refractivity contribution >= 4 is 28.4 Å². The Kier molecular flexibility index (Phi) is 6.66. The Morgan fingerprint density at radius 3 is 2.51 bits per heavy atom. The highest BCUT2D eigenvalue weighted by molar-refractivity contribution is 5.77. The van der Waals surface area contributed by atoms with Crippen LogP contribution in [0.2, 0.25) is 0 Å². The van der Waals surface area contributed by atoms with Gasteiger partial charge in [0, 0.05) is 42.1 Å². The van der Waals surface area contributed by atoms with Gasteiger partial charge in [-0.15, -0.1) is 6.58 Å². The van der Waals surface area contributed by atoms with Crippen LogP contribution in [0, 0.1) is 5.41 Å². The van der Waals surface area contributed by atoms with Crippen LogP contribution in [-0.4, -0.2) is 67.5 Å². The molecule has 0 bridgehead atoms. The highest BCUT2D eigenvalue weighted by Crippen LogP contribution is 2.65. The Morgan fingerprint density at radius 1 is 1.12 bits per heavy atom. The first-order valence-electron chi connectivity index (χ1n) is 15.4. The Labute approximate surface area is 251 Å². The lowest BCUT2D eigenvalue weighted by Gasteiger charge is -2.36. The number of pyridine rings is 1. The minimum absolute atomic E-state index is 0.104. The first-order valence-corrected chi connectivity index (χ1v) is 15.4. The van der Waals surface area contributed by atoms with Gasteiger partial charge in [0.1, 0.15) is 11.0 Å². The van der Waals surface area contributed by atoms with Gasteiger partial charge < -0.3 is 20.2 Å². The minimum atomic E-state index is -0.957. The average Bonchev–Trinajstić information content (AvgIpc) is 3.71. The van der Waals surface area contributed by atoms with Gasteiger partial charge >= 0.3 is 0 Å². The van der Waals surface area contributed by atoms with E-state index >= 15 is 0 Å². The third kappa shape index (κ3) is 4.46. The Hall–Kier alpha value is -4.02. The summed E-state index contributed by atoms with van der Waals surface area (Å²) in [6, 6.07) is 12.9. The van der Waals surface area contributed by atoms with Crippen molar-refractivity contribution in [1.82, 2.24) is 29.2 Å². The van der Waals surface area contributed by atoms with E-state index in [0.717, 1.165) is 62.1 Å². The van der Waals surface area contributed by atoms with Crippen LogP contribution < -0.4 is 15.8 Å². The molecule has 2 aliphatic carbocycles. The van der Waals surface area contributed by atoms with E-state index in [-0.39, 0.29) is 17.5 Å². The zero-order chi connectivity index (χ0) is 29.9. The van der Waals surface area contributed by atoms with Crippen molar-refractivity contribution in [2.75, 3.05) is 37.4 Å². The summed E-state index contributed by atoms with van der Waals surface area (Å²) in [7, 11) is 4.32. The topological polar surface area (TPSA) is 104 Å². The van der Waals surface area contributed by atoms with Crippen molar-refractivity contribution in [3.63, 3.8) is 0 Å². The molecule has 2 fully saturated rings. The van der Waals surface area contributed by atoms with E-state index < -0.39 is 5.60 Å². The maximum absolute atomic E-state index is 13.5. The summed E-state index contributed by atoms with van der Waals surface area (Å²) in [5.41, 5.74) is 3.06. The third-order valence-electron chi connectivity index (χ3n) is 10.0. The van der Waals surface area contributed by atoms with E-state index in [1.807, 2.05) is 31.2 Å². The molecule has 1 unspecified atom stereocenters. The Bertz CT molecular complexity index is 1750. The fraction of sp³-hybridized carbons (Fsp3) is 0.455. The van der Waals surface area contributed by atoms with Crippen LogP contribution in [0.1, 0.15) is 50.3 Å². The third-order valence-corrected chi connectivity index (χ3v) is 10.0. The van der Waals surface area contributed by atoms with Crippen LogP contribution in [0.25, 0.3) is 16.9 Å². The fourth-order valence-corrected chi connectivity index (χ4v) is 7.28. The molecule has 1 saturated heterocycles. The van der Waals surface area contributed by atoms with Gasteiger partial charge in [0.25, 0.3) is 5.56 Å². The number of rotatable bonds is 8. The number of nitrogens with one attached hydrogen (secondary N) is 1. The number of anilines is 3. The average molecular weight is 581 g/mol. The lowest BCUT2D eigenvalue weighted by atomic mass is 9.84. The van der Waals surface area contributed by atoms with Crippen molar-refractivity contribution in [2.24, 2.45) is 5.41 Å². The highest BCUT2D eigenvalue weighted by atomic mass is 16.3. The van der Waals surface area contributed by atoms with Gasteiger partial charge in [-0.2, -0.15) is 4.98 Å². The molecule has 43 heavy (non-hydrogen) atoms. The molecule has 10 nitrogen and oxygen atoms in total. The molecule has 10 heteroatoms. The van der Waals surface area contributed by atoms with Crippen molar-refractivity contribution in [3.05, 3.63) is 76.9 Å². The number of piperidine rings is 1. The summed E-state index contributed by atoms with van der Waals surface area (Å²) >= 11 is 0. The predicted octanol–water partition coefficient (Wildman–Crippen LogP) is 4.37. The van der Waals surface area contributed by atoms with Crippen LogP contribution in [0.4, 0.5) is 17.3 Å². The predicted molar refractivity (Wildman–Crippen MR) is 169 cm³/mol. The molecule has 1 aromatic carbocycles. The summed E-state index contributed by atoms with van der Waals surface area (Å²) in [5.74, 6) is 0.934. The summed E-state index contributed by atoms with van der Waals surface area (Å²) in [4.78, 5) is 32.5. The molecular weight excluding hydrogens is 540 g/mol. The zero-order valence-electron chi connectivity index (χ0n) is 25.3. The minimum Gasteiger partial charge on any atom is -0.383 e. The molecule has 224 valence electrons. The molecule has 1 spiro atoms. The van der Waals surface area contributed by atoms with Crippen molar-refractivity contribution in [3.8, 4) is 5.82 Å². The van der Waals surface area contributed by atoms with Crippen molar-refractivity contribution in [1.29, 1.82) is 0 Å². The van der Waals surface area contributed by atoms with Crippen molar-refractivity contribution in [2.45, 2.75) is 63.6 Å². The molecule has 1 atom stereocenters. The summed E-state index contributed by atoms with van der Waals surface area (Å²) < 4.78 is 3.31. The van der Waals surface area contributed by atoms with Gasteiger partial charge in [0.05, 0.1) is 12.2 Å². The Balaban J connectivity index is 1.20. The first-order chi connectivity index (χ1) is 20.8. The molecule has 0 amide bonds. The maximum Gasteiger partial charge on any atom is 0.278 e. The van der Waals surface area contributed by atoms with Gasteiger partial charge in [0.2, 0.25) is 5.95 Å². The second-order valence-corrected chi connectivity index (χ2v) is 12.6. The molecule has 4 heterocycles. The summed E-state index contributed by atoms with van der Waals surface area (Å²) in [6.07, 6.45) is 9.03. The molecular formula is C33H40N8O2.